The van der Waals surface area contributed by atoms with Gasteiger partial charge in [-0.05, 0) is 39.2 Å². The smallest absolute Gasteiger partial charge is 0.0620 e. The van der Waals surface area contributed by atoms with E-state index < -0.39 is 0 Å². The maximum Gasteiger partial charge on any atom is 0.0620 e. The summed E-state index contributed by atoms with van der Waals surface area (Å²) >= 11 is 0. The summed E-state index contributed by atoms with van der Waals surface area (Å²) in [6.45, 7) is 7.73. The number of rotatable bonds is 4. The summed E-state index contributed by atoms with van der Waals surface area (Å²) in [5.74, 6) is 0. The molecule has 4 unspecified atom stereocenters. The first-order valence-corrected chi connectivity index (χ1v) is 7.64. The molecule has 18 heavy (non-hydrogen) atoms. The van der Waals surface area contributed by atoms with Gasteiger partial charge in [-0.3, -0.25) is 4.90 Å². The fourth-order valence-electron chi connectivity index (χ4n) is 3.91. The molecule has 3 aliphatic rings. The average molecular weight is 253 g/mol. The molecule has 0 radical (unpaired) electrons. The van der Waals surface area contributed by atoms with Crippen LogP contribution in [0.5, 0.6) is 0 Å². The van der Waals surface area contributed by atoms with E-state index in [0.717, 1.165) is 31.8 Å². The molecule has 3 aliphatic heterocycles. The zero-order chi connectivity index (χ0) is 12.4. The fraction of sp³-hybridized carbons (Fsp3) is 1.00. The van der Waals surface area contributed by atoms with Crippen LogP contribution >= 0.6 is 0 Å². The molecule has 0 aromatic carbocycles. The predicted molar refractivity (Wildman–Crippen MR) is 72.8 cm³/mol. The van der Waals surface area contributed by atoms with Gasteiger partial charge in [-0.2, -0.15) is 0 Å². The van der Waals surface area contributed by atoms with Gasteiger partial charge in [0.25, 0.3) is 0 Å². The largest absolute Gasteiger partial charge is 0.379 e. The van der Waals surface area contributed by atoms with E-state index in [1.165, 1.54) is 38.8 Å². The number of hydrogen-bond donors (Lipinski definition) is 2. The molecule has 0 aromatic rings. The Hall–Kier alpha value is -0.160. The van der Waals surface area contributed by atoms with Gasteiger partial charge in [0.2, 0.25) is 0 Å². The molecule has 104 valence electrons. The number of nitrogens with one attached hydrogen (secondary N) is 2. The first-order valence-electron chi connectivity index (χ1n) is 7.64. The fourth-order valence-corrected chi connectivity index (χ4v) is 3.91. The molecule has 0 bridgehead atoms. The first kappa shape index (κ1) is 12.9. The molecule has 3 rings (SSSR count). The van der Waals surface area contributed by atoms with E-state index >= 15 is 0 Å². The van der Waals surface area contributed by atoms with Gasteiger partial charge >= 0.3 is 0 Å². The Morgan fingerprint density at radius 2 is 2.33 bits per heavy atom. The molecule has 3 heterocycles. The van der Waals surface area contributed by atoms with E-state index in [2.05, 4.69) is 22.5 Å². The summed E-state index contributed by atoms with van der Waals surface area (Å²) in [4.78, 5) is 2.67. The second-order valence-corrected chi connectivity index (χ2v) is 6.17. The molecular weight excluding hydrogens is 226 g/mol. The molecule has 4 atom stereocenters. The highest BCUT2D eigenvalue weighted by Gasteiger charge is 2.37. The van der Waals surface area contributed by atoms with Crippen LogP contribution in [-0.4, -0.2) is 61.9 Å². The number of hydrogen-bond acceptors (Lipinski definition) is 4. The van der Waals surface area contributed by atoms with E-state index in [1.807, 2.05) is 0 Å². The Morgan fingerprint density at radius 3 is 3.17 bits per heavy atom. The van der Waals surface area contributed by atoms with Crippen molar-refractivity contribution in [1.29, 1.82) is 0 Å². The van der Waals surface area contributed by atoms with Crippen LogP contribution in [0.4, 0.5) is 0 Å². The van der Waals surface area contributed by atoms with E-state index in [-0.39, 0.29) is 0 Å². The standard InChI is InChI=1S/C14H27N3O/c1-11(9-12-10-18-8-5-15-12)16-13-4-7-17-6-2-3-14(13)17/h11-16H,2-10H2,1H3. The van der Waals surface area contributed by atoms with Crippen molar-refractivity contribution in [2.45, 2.75) is 56.8 Å². The quantitative estimate of drug-likeness (QED) is 0.768. The predicted octanol–water partition coefficient (Wildman–Crippen LogP) is 0.580. The maximum absolute atomic E-state index is 5.52. The van der Waals surface area contributed by atoms with Gasteiger partial charge in [0, 0.05) is 37.3 Å². The van der Waals surface area contributed by atoms with Crippen molar-refractivity contribution in [2.24, 2.45) is 0 Å². The minimum atomic E-state index is 0.544. The van der Waals surface area contributed by atoms with Crippen molar-refractivity contribution in [3.8, 4) is 0 Å². The Labute approximate surface area is 110 Å². The third-order valence-electron chi connectivity index (χ3n) is 4.74. The van der Waals surface area contributed by atoms with Crippen molar-refractivity contribution < 1.29 is 4.74 Å². The monoisotopic (exact) mass is 253 g/mol. The average Bonchev–Trinajstić information content (AvgIpc) is 2.95. The van der Waals surface area contributed by atoms with E-state index in [4.69, 9.17) is 4.74 Å². The molecule has 0 saturated carbocycles. The lowest BCUT2D eigenvalue weighted by molar-refractivity contribution is 0.0705. The van der Waals surface area contributed by atoms with Gasteiger partial charge in [0.15, 0.2) is 0 Å². The maximum atomic E-state index is 5.52. The minimum Gasteiger partial charge on any atom is -0.379 e. The van der Waals surface area contributed by atoms with Gasteiger partial charge in [0.05, 0.1) is 13.2 Å². The lowest BCUT2D eigenvalue weighted by Crippen LogP contribution is -2.48. The molecule has 0 amide bonds. The molecular formula is C14H27N3O. The third kappa shape index (κ3) is 2.87. The summed E-state index contributed by atoms with van der Waals surface area (Å²) in [6, 6.07) is 2.69. The van der Waals surface area contributed by atoms with Crippen LogP contribution in [0.2, 0.25) is 0 Å². The van der Waals surface area contributed by atoms with Crippen LogP contribution in [0, 0.1) is 0 Å². The first-order chi connectivity index (χ1) is 8.83. The zero-order valence-electron chi connectivity index (χ0n) is 11.5. The molecule has 3 saturated heterocycles. The summed E-state index contributed by atoms with van der Waals surface area (Å²) < 4.78 is 5.52. The van der Waals surface area contributed by atoms with Crippen LogP contribution < -0.4 is 10.6 Å². The third-order valence-corrected chi connectivity index (χ3v) is 4.74. The van der Waals surface area contributed by atoms with E-state index in [0.29, 0.717) is 12.1 Å². The second kappa shape index (κ2) is 5.87. The van der Waals surface area contributed by atoms with Crippen LogP contribution in [0.15, 0.2) is 0 Å². The topological polar surface area (TPSA) is 36.5 Å². The second-order valence-electron chi connectivity index (χ2n) is 6.17. The molecule has 3 fully saturated rings. The van der Waals surface area contributed by atoms with Gasteiger partial charge in [-0.15, -0.1) is 0 Å². The molecule has 4 heteroatoms. The van der Waals surface area contributed by atoms with Crippen LogP contribution in [0.3, 0.4) is 0 Å². The highest BCUT2D eigenvalue weighted by molar-refractivity contribution is 4.96. The molecule has 4 nitrogen and oxygen atoms in total. The van der Waals surface area contributed by atoms with Gasteiger partial charge in [-0.1, -0.05) is 0 Å². The molecule has 0 spiro atoms. The van der Waals surface area contributed by atoms with Gasteiger partial charge in [0.1, 0.15) is 0 Å². The molecule has 0 aliphatic carbocycles. The SMILES string of the molecule is CC(CC1COCCN1)NC1CCN2CCCC12. The molecule has 2 N–H and O–H groups in total. The molecule has 0 aromatic heterocycles. The number of ether oxygens (including phenoxy) is 1. The Balaban J connectivity index is 1.44. The van der Waals surface area contributed by atoms with Crippen LogP contribution in [-0.2, 0) is 4.74 Å². The highest BCUT2D eigenvalue weighted by atomic mass is 16.5. The van der Waals surface area contributed by atoms with Gasteiger partial charge < -0.3 is 15.4 Å². The van der Waals surface area contributed by atoms with Crippen LogP contribution in [0.1, 0.15) is 32.6 Å². The Kier molecular flexibility index (Phi) is 4.19. The normalized spacial score (nSPS) is 38.8. The summed E-state index contributed by atoms with van der Waals surface area (Å²) in [7, 11) is 0. The van der Waals surface area contributed by atoms with Crippen molar-refractivity contribution >= 4 is 0 Å². The Bertz CT molecular complexity index is 268. The van der Waals surface area contributed by atoms with Crippen molar-refractivity contribution in [1.82, 2.24) is 15.5 Å². The highest BCUT2D eigenvalue weighted by Crippen LogP contribution is 2.28. The minimum absolute atomic E-state index is 0.544. The lowest BCUT2D eigenvalue weighted by atomic mass is 10.0. The Morgan fingerprint density at radius 1 is 1.39 bits per heavy atom. The van der Waals surface area contributed by atoms with E-state index in [9.17, 15) is 0 Å². The number of fused-ring (bicyclic) bond motifs is 1. The zero-order valence-corrected chi connectivity index (χ0v) is 11.5. The van der Waals surface area contributed by atoms with Crippen molar-refractivity contribution in [3.63, 3.8) is 0 Å². The lowest BCUT2D eigenvalue weighted by Gasteiger charge is -2.30. The summed E-state index contributed by atoms with van der Waals surface area (Å²) in [6.07, 6.45) is 5.32. The van der Waals surface area contributed by atoms with E-state index in [1.54, 1.807) is 0 Å². The summed E-state index contributed by atoms with van der Waals surface area (Å²) in [5, 5.41) is 7.41. The number of nitrogens with zero attached hydrogens (tertiary/aromatic N) is 1. The van der Waals surface area contributed by atoms with Crippen LogP contribution in [0.25, 0.3) is 0 Å². The van der Waals surface area contributed by atoms with Gasteiger partial charge in [-0.25, -0.2) is 0 Å². The number of morpholine rings is 1. The van der Waals surface area contributed by atoms with Crippen molar-refractivity contribution in [3.05, 3.63) is 0 Å². The summed E-state index contributed by atoms with van der Waals surface area (Å²) in [5.41, 5.74) is 0. The van der Waals surface area contributed by atoms with Crippen molar-refractivity contribution in [2.75, 3.05) is 32.8 Å².